The standard InChI is InChI=1S/C42H30N2O4/c45-31-17-9-27(10-18-31)43(28-11-19-32(46)20-12-28)41-26-40-36-6-2-4-8-38(36)42(25-39(40)35-5-1-3-7-37(35)41)44(29-13-21-33(47)22-14-29)30-15-23-34(48)24-16-30/h1-26,45-48H. The number of hydrogen-bond donors (Lipinski definition) is 4. The summed E-state index contributed by atoms with van der Waals surface area (Å²) < 4.78 is 0. The van der Waals surface area contributed by atoms with Crippen molar-refractivity contribution in [2.75, 3.05) is 9.80 Å². The molecule has 0 aliphatic heterocycles. The number of benzene rings is 8. The largest absolute Gasteiger partial charge is 0.508 e. The van der Waals surface area contributed by atoms with E-state index in [4.69, 9.17) is 0 Å². The molecule has 232 valence electrons. The molecule has 0 radical (unpaired) electrons. The van der Waals surface area contributed by atoms with Crippen LogP contribution in [-0.2, 0) is 0 Å². The molecular formula is C42H30N2O4. The number of fused-ring (bicyclic) bond motifs is 5. The maximum Gasteiger partial charge on any atom is 0.115 e. The second-order valence-electron chi connectivity index (χ2n) is 11.7. The van der Waals surface area contributed by atoms with E-state index in [1.165, 1.54) is 0 Å². The van der Waals surface area contributed by atoms with Gasteiger partial charge in [0.2, 0.25) is 0 Å². The molecule has 0 saturated heterocycles. The first-order valence-corrected chi connectivity index (χ1v) is 15.6. The van der Waals surface area contributed by atoms with E-state index in [2.05, 4.69) is 46.2 Å². The lowest BCUT2D eigenvalue weighted by Crippen LogP contribution is -2.11. The second-order valence-corrected chi connectivity index (χ2v) is 11.7. The van der Waals surface area contributed by atoms with Crippen molar-refractivity contribution in [2.24, 2.45) is 0 Å². The van der Waals surface area contributed by atoms with E-state index in [1.54, 1.807) is 48.5 Å². The topological polar surface area (TPSA) is 87.4 Å². The average molecular weight is 627 g/mol. The van der Waals surface area contributed by atoms with E-state index in [9.17, 15) is 20.4 Å². The van der Waals surface area contributed by atoms with Crippen LogP contribution < -0.4 is 9.80 Å². The number of aromatic hydroxyl groups is 4. The Labute approximate surface area is 276 Å². The summed E-state index contributed by atoms with van der Waals surface area (Å²) in [4.78, 5) is 4.28. The SMILES string of the molecule is Oc1ccc(N(c2ccc(O)cc2)c2cc3c4ccccc4c(N(c4ccc(O)cc4)c4ccc(O)cc4)cc3c3ccccc23)cc1. The molecule has 0 spiro atoms. The van der Waals surface area contributed by atoms with Gasteiger partial charge in [-0.05, 0) is 131 Å². The lowest BCUT2D eigenvalue weighted by atomic mass is 9.93. The highest BCUT2D eigenvalue weighted by atomic mass is 16.3. The Kier molecular flexibility index (Phi) is 6.96. The van der Waals surface area contributed by atoms with Gasteiger partial charge in [0.05, 0.1) is 11.4 Å². The molecule has 0 aromatic heterocycles. The van der Waals surface area contributed by atoms with Crippen LogP contribution in [0.15, 0.2) is 158 Å². The molecule has 8 aromatic rings. The Hall–Kier alpha value is -6.66. The lowest BCUT2D eigenvalue weighted by Gasteiger charge is -2.29. The Bertz CT molecular complexity index is 2160. The summed E-state index contributed by atoms with van der Waals surface area (Å²) in [5.41, 5.74) is 5.32. The van der Waals surface area contributed by atoms with Crippen molar-refractivity contribution in [1.82, 2.24) is 0 Å². The van der Waals surface area contributed by atoms with Crippen molar-refractivity contribution in [3.05, 3.63) is 158 Å². The third-order valence-electron chi connectivity index (χ3n) is 8.75. The van der Waals surface area contributed by atoms with Gasteiger partial charge in [-0.25, -0.2) is 0 Å². The highest BCUT2D eigenvalue weighted by Crippen LogP contribution is 2.48. The first-order valence-electron chi connectivity index (χ1n) is 15.6. The van der Waals surface area contributed by atoms with Gasteiger partial charge in [0.15, 0.2) is 0 Å². The lowest BCUT2D eigenvalue weighted by molar-refractivity contribution is 0.474. The molecular weight excluding hydrogens is 596 g/mol. The molecule has 8 rings (SSSR count). The molecule has 0 aliphatic rings. The van der Waals surface area contributed by atoms with E-state index in [0.717, 1.165) is 66.4 Å². The predicted octanol–water partition coefficient (Wildman–Crippen LogP) is 10.9. The number of anilines is 6. The molecule has 0 heterocycles. The maximum atomic E-state index is 10.1. The van der Waals surface area contributed by atoms with Gasteiger partial charge in [0.25, 0.3) is 0 Å². The van der Waals surface area contributed by atoms with E-state index < -0.39 is 0 Å². The van der Waals surface area contributed by atoms with Crippen LogP contribution in [0.3, 0.4) is 0 Å². The molecule has 0 atom stereocenters. The summed E-state index contributed by atoms with van der Waals surface area (Å²) in [5.74, 6) is 0.715. The van der Waals surface area contributed by atoms with Crippen molar-refractivity contribution in [1.29, 1.82) is 0 Å². The zero-order valence-electron chi connectivity index (χ0n) is 25.7. The minimum Gasteiger partial charge on any atom is -0.508 e. The molecule has 8 aromatic carbocycles. The normalized spacial score (nSPS) is 11.2. The summed E-state index contributed by atoms with van der Waals surface area (Å²) in [7, 11) is 0. The maximum absolute atomic E-state index is 10.1. The van der Waals surface area contributed by atoms with Gasteiger partial charge in [-0.2, -0.15) is 0 Å². The number of phenols is 4. The van der Waals surface area contributed by atoms with Gasteiger partial charge < -0.3 is 30.2 Å². The van der Waals surface area contributed by atoms with Gasteiger partial charge in [-0.15, -0.1) is 0 Å². The molecule has 0 amide bonds. The summed E-state index contributed by atoms with van der Waals surface area (Å²) in [5, 5.41) is 46.8. The zero-order valence-corrected chi connectivity index (χ0v) is 25.7. The Morgan fingerprint density at radius 3 is 0.792 bits per heavy atom. The number of nitrogens with zero attached hydrogens (tertiary/aromatic N) is 2. The summed E-state index contributed by atoms with van der Waals surface area (Å²) in [6.07, 6.45) is 0. The van der Waals surface area contributed by atoms with Crippen molar-refractivity contribution >= 4 is 66.4 Å². The number of rotatable bonds is 6. The third-order valence-corrected chi connectivity index (χ3v) is 8.75. The third kappa shape index (κ3) is 5.02. The summed E-state index contributed by atoms with van der Waals surface area (Å²) in [6.45, 7) is 0. The van der Waals surface area contributed by atoms with Crippen LogP contribution in [0.25, 0.3) is 32.3 Å². The fraction of sp³-hybridized carbons (Fsp3) is 0. The molecule has 6 nitrogen and oxygen atoms in total. The molecule has 0 saturated carbocycles. The van der Waals surface area contributed by atoms with Crippen LogP contribution in [0.2, 0.25) is 0 Å². The van der Waals surface area contributed by atoms with Crippen molar-refractivity contribution in [2.45, 2.75) is 0 Å². The fourth-order valence-corrected chi connectivity index (χ4v) is 6.54. The van der Waals surface area contributed by atoms with Gasteiger partial charge in [0, 0.05) is 33.5 Å². The van der Waals surface area contributed by atoms with Crippen LogP contribution in [0.5, 0.6) is 23.0 Å². The van der Waals surface area contributed by atoms with Crippen molar-refractivity contribution < 1.29 is 20.4 Å². The number of phenolic OH excluding ortho intramolecular Hbond substituents is 4. The van der Waals surface area contributed by atoms with Gasteiger partial charge in [0.1, 0.15) is 23.0 Å². The van der Waals surface area contributed by atoms with E-state index >= 15 is 0 Å². The second kappa shape index (κ2) is 11.6. The van der Waals surface area contributed by atoms with Crippen LogP contribution >= 0.6 is 0 Å². The zero-order chi connectivity index (χ0) is 32.8. The molecule has 0 fully saturated rings. The minimum atomic E-state index is 0.179. The molecule has 4 N–H and O–H groups in total. The van der Waals surface area contributed by atoms with Gasteiger partial charge in [-0.1, -0.05) is 48.5 Å². The quantitative estimate of drug-likeness (QED) is 0.137. The first kappa shape index (κ1) is 28.8. The van der Waals surface area contributed by atoms with E-state index in [0.29, 0.717) is 0 Å². The Balaban J connectivity index is 1.46. The minimum absolute atomic E-state index is 0.179. The molecule has 0 aliphatic carbocycles. The van der Waals surface area contributed by atoms with Gasteiger partial charge >= 0.3 is 0 Å². The first-order chi connectivity index (χ1) is 23.4. The Morgan fingerprint density at radius 1 is 0.271 bits per heavy atom. The van der Waals surface area contributed by atoms with Crippen LogP contribution in [0.4, 0.5) is 34.1 Å². The fourth-order valence-electron chi connectivity index (χ4n) is 6.54. The monoisotopic (exact) mass is 626 g/mol. The Morgan fingerprint density at radius 2 is 0.521 bits per heavy atom. The molecule has 0 unspecified atom stereocenters. The van der Waals surface area contributed by atoms with Crippen LogP contribution in [0, 0.1) is 0 Å². The highest BCUT2D eigenvalue weighted by molar-refractivity contribution is 6.24. The van der Waals surface area contributed by atoms with E-state index in [1.807, 2.05) is 72.8 Å². The van der Waals surface area contributed by atoms with Gasteiger partial charge in [-0.3, -0.25) is 0 Å². The van der Waals surface area contributed by atoms with Crippen molar-refractivity contribution in [3.63, 3.8) is 0 Å². The predicted molar refractivity (Wildman–Crippen MR) is 195 cm³/mol. The smallest absolute Gasteiger partial charge is 0.115 e. The number of hydrogen-bond acceptors (Lipinski definition) is 6. The molecule has 0 bridgehead atoms. The summed E-state index contributed by atoms with van der Waals surface area (Å²) >= 11 is 0. The van der Waals surface area contributed by atoms with E-state index in [-0.39, 0.29) is 23.0 Å². The molecule has 6 heteroatoms. The van der Waals surface area contributed by atoms with Crippen molar-refractivity contribution in [3.8, 4) is 23.0 Å². The van der Waals surface area contributed by atoms with Crippen LogP contribution in [0.1, 0.15) is 0 Å². The highest BCUT2D eigenvalue weighted by Gasteiger charge is 2.22. The average Bonchev–Trinajstić information content (AvgIpc) is 3.12. The van der Waals surface area contributed by atoms with Crippen LogP contribution in [-0.4, -0.2) is 20.4 Å². The molecule has 48 heavy (non-hydrogen) atoms. The summed E-state index contributed by atoms with van der Waals surface area (Å²) in [6, 6.07) is 49.6.